The Labute approximate surface area is 460 Å². The van der Waals surface area contributed by atoms with E-state index in [1.807, 2.05) is 0 Å². The predicted octanol–water partition coefficient (Wildman–Crippen LogP) is -4.57. The van der Waals surface area contributed by atoms with Crippen LogP contribution < -0.4 is 27.6 Å². The van der Waals surface area contributed by atoms with Crippen molar-refractivity contribution in [3.05, 3.63) is 59.7 Å². The number of quaternary nitrogens is 1. The molecule has 28 nitrogen and oxygen atoms in total. The number of nitrogens with zero attached hydrogens (tertiary/aromatic N) is 2. The molecule has 440 valence electrons. The fraction of sp³-hybridized carbons (Fsp3) is 0.560. The second kappa shape index (κ2) is 33.5. The number of halogens is 1. The van der Waals surface area contributed by atoms with Crippen LogP contribution in [0.1, 0.15) is 66.5 Å². The first-order valence-corrected chi connectivity index (χ1v) is 23.9. The standard InChI is InChI=1S/C22H27NO10.C14H21NO9.C14H19NO6.ClH/c1-12(24)29-11-18-20(30-13(2)25)21(31-14(3)26)19(22(33-18)32-15(4)27)23-10-16-6-8-17(28-5)9-7-16;1-6(16)20-5-10-12(21-7(2)17)13(22-8(3)18)11(15)14(24-10)23-9(4)19;1-20-9-4-2-8(3-5-9)6-15-11-13(18)12(17)10(7-16)21-14(11)19;/h6-10,18-22H,11H2,1-5H3;10-14H,5,15H2,1-4H3;2-6,10-14,16-19H,7H2,1H3;1H/t18?,19?,20-,21+,22-;10?,11?,12-,13+,14+;10?,11?,12-,13-,14-;/m111./s1. The molecule has 5 rings (SSSR count). The summed E-state index contributed by atoms with van der Waals surface area (Å²) >= 11 is 0. The van der Waals surface area contributed by atoms with Gasteiger partial charge in [0.1, 0.15) is 61.3 Å². The zero-order valence-corrected chi connectivity index (χ0v) is 45.7. The fourth-order valence-electron chi connectivity index (χ4n) is 7.53. The van der Waals surface area contributed by atoms with Crippen molar-refractivity contribution in [2.45, 2.75) is 147 Å². The van der Waals surface area contributed by atoms with Crippen LogP contribution in [-0.2, 0) is 90.5 Å². The molecule has 3 heterocycles. The summed E-state index contributed by atoms with van der Waals surface area (Å²) in [7, 11) is 3.10. The number of aliphatic imine (C=N–C) groups is 2. The van der Waals surface area contributed by atoms with Gasteiger partial charge in [-0.25, -0.2) is 0 Å². The smallest absolute Gasteiger partial charge is 0.305 e. The first-order chi connectivity index (χ1) is 36.8. The summed E-state index contributed by atoms with van der Waals surface area (Å²) in [5.74, 6) is -3.80. The SMILES string of the molecule is CC(=O)OCC1O[C@H](OC(C)=O)C([NH3+])[C@H](OC(C)=O)[C@@H]1OC(C)=O.COc1ccc(C=NC2[C@H](O)OC(CO)[C@@H](O)[C@@H]2O)cc1.COc1ccc(C=NC2[C@H](OC(C)=O)OC(COC(C)=O)[C@@H](OC(C)=O)[C@H]2OC(C)=O)cc1.[Cl-]. The molecule has 0 aliphatic carbocycles. The van der Waals surface area contributed by atoms with E-state index in [0.717, 1.165) is 5.56 Å². The van der Waals surface area contributed by atoms with Crippen molar-refractivity contribution in [2.75, 3.05) is 34.0 Å². The highest BCUT2D eigenvalue weighted by atomic mass is 35.5. The van der Waals surface area contributed by atoms with Crippen LogP contribution in [0.2, 0.25) is 0 Å². The van der Waals surface area contributed by atoms with Crippen molar-refractivity contribution in [3.8, 4) is 11.5 Å². The van der Waals surface area contributed by atoms with E-state index in [-0.39, 0.29) is 25.6 Å². The number of esters is 8. The maximum atomic E-state index is 11.9. The Morgan fingerprint density at radius 1 is 0.494 bits per heavy atom. The Bertz CT molecular complexity index is 2360. The number of hydrogen-bond donors (Lipinski definition) is 5. The van der Waals surface area contributed by atoms with Gasteiger partial charge in [-0.05, 0) is 59.7 Å². The molecule has 29 heteroatoms. The van der Waals surface area contributed by atoms with Gasteiger partial charge in [-0.2, -0.15) is 0 Å². The van der Waals surface area contributed by atoms with Crippen LogP contribution in [0.3, 0.4) is 0 Å². The van der Waals surface area contributed by atoms with Crippen LogP contribution in [0.4, 0.5) is 0 Å². The number of methoxy groups -OCH3 is 2. The Balaban J connectivity index is 0.000000415. The molecule has 0 saturated carbocycles. The van der Waals surface area contributed by atoms with Crippen molar-refractivity contribution in [1.82, 2.24) is 0 Å². The van der Waals surface area contributed by atoms with Crippen molar-refractivity contribution in [2.24, 2.45) is 9.98 Å². The Morgan fingerprint density at radius 3 is 1.25 bits per heavy atom. The molecule has 3 aliphatic heterocycles. The van der Waals surface area contributed by atoms with Gasteiger partial charge in [0.25, 0.3) is 6.29 Å². The van der Waals surface area contributed by atoms with Crippen molar-refractivity contribution in [1.29, 1.82) is 0 Å². The monoisotopic (exact) mass is 1150 g/mol. The Hall–Kier alpha value is -6.89. The van der Waals surface area contributed by atoms with Crippen LogP contribution >= 0.6 is 0 Å². The average molecular weight is 1150 g/mol. The molecule has 2 aromatic rings. The quantitative estimate of drug-likeness (QED) is 0.0565. The van der Waals surface area contributed by atoms with Crippen LogP contribution in [-0.4, -0.2) is 207 Å². The van der Waals surface area contributed by atoms with Gasteiger partial charge in [0.05, 0.1) is 20.8 Å². The van der Waals surface area contributed by atoms with E-state index in [2.05, 4.69) is 15.7 Å². The van der Waals surface area contributed by atoms with E-state index in [1.54, 1.807) is 55.6 Å². The molecule has 2 aromatic carbocycles. The summed E-state index contributed by atoms with van der Waals surface area (Å²) in [5.41, 5.74) is 5.19. The van der Waals surface area contributed by atoms with E-state index in [0.29, 0.717) is 17.1 Å². The normalized spacial score (nSPS) is 28.0. The number of carbonyl (C=O) groups is 8. The van der Waals surface area contributed by atoms with Gasteiger partial charge in [0, 0.05) is 67.8 Å². The predicted molar refractivity (Wildman–Crippen MR) is 262 cm³/mol. The minimum absolute atomic E-state index is 0. The van der Waals surface area contributed by atoms with Gasteiger partial charge in [0.15, 0.2) is 42.8 Å². The molecular formula is C50H68ClN3O25. The van der Waals surface area contributed by atoms with E-state index < -0.39 is 146 Å². The number of aliphatic hydroxyl groups excluding tert-OH is 4. The third-order valence-corrected chi connectivity index (χ3v) is 10.9. The van der Waals surface area contributed by atoms with E-state index in [4.69, 9.17) is 66.7 Å². The third kappa shape index (κ3) is 22.4. The average Bonchev–Trinajstić information content (AvgIpc) is 3.37. The molecule has 0 spiro atoms. The number of aliphatic hydroxyl groups is 4. The van der Waals surface area contributed by atoms with E-state index >= 15 is 0 Å². The van der Waals surface area contributed by atoms with Crippen LogP contribution in [0.15, 0.2) is 58.5 Å². The second-order valence-electron chi connectivity index (χ2n) is 17.2. The summed E-state index contributed by atoms with van der Waals surface area (Å²) in [5, 5.41) is 38.5. The third-order valence-electron chi connectivity index (χ3n) is 10.9. The molecule has 0 radical (unpaired) electrons. The summed E-state index contributed by atoms with van der Waals surface area (Å²) < 4.78 is 67.8. The number of ether oxygens (including phenoxy) is 13. The van der Waals surface area contributed by atoms with Gasteiger partial charge >= 0.3 is 47.8 Å². The van der Waals surface area contributed by atoms with Gasteiger partial charge in [-0.1, -0.05) is 0 Å². The van der Waals surface area contributed by atoms with Crippen molar-refractivity contribution >= 4 is 60.2 Å². The largest absolute Gasteiger partial charge is 1.00 e. The Kier molecular flexibility index (Phi) is 28.9. The van der Waals surface area contributed by atoms with Crippen LogP contribution in [0.5, 0.6) is 11.5 Å². The lowest BCUT2D eigenvalue weighted by atomic mass is 9.96. The van der Waals surface area contributed by atoms with E-state index in [9.17, 15) is 53.7 Å². The summed E-state index contributed by atoms with van der Waals surface area (Å²) in [6.45, 7) is 8.31. The zero-order valence-electron chi connectivity index (χ0n) is 44.9. The van der Waals surface area contributed by atoms with Gasteiger partial charge in [-0.3, -0.25) is 48.3 Å². The Morgan fingerprint density at radius 2 is 0.861 bits per heavy atom. The lowest BCUT2D eigenvalue weighted by Crippen LogP contribution is -3.00. The highest BCUT2D eigenvalue weighted by Crippen LogP contribution is 2.31. The number of benzene rings is 2. The highest BCUT2D eigenvalue weighted by Gasteiger charge is 2.54. The number of hydrogen-bond acceptors (Lipinski definition) is 27. The van der Waals surface area contributed by atoms with Gasteiger partial charge in [-0.15, -0.1) is 0 Å². The van der Waals surface area contributed by atoms with E-state index in [1.165, 1.54) is 74.9 Å². The molecule has 0 bridgehead atoms. The molecule has 0 aromatic heterocycles. The molecule has 3 saturated heterocycles. The highest BCUT2D eigenvalue weighted by molar-refractivity contribution is 5.81. The lowest BCUT2D eigenvalue weighted by molar-refractivity contribution is -0.496. The summed E-state index contributed by atoms with van der Waals surface area (Å²) in [6, 6.07) is 11.0. The van der Waals surface area contributed by atoms with Crippen molar-refractivity contribution < 1.29 is 139 Å². The lowest BCUT2D eigenvalue weighted by Gasteiger charge is -2.42. The topological polar surface area (TPSA) is 390 Å². The summed E-state index contributed by atoms with van der Waals surface area (Å²) in [6.07, 6.45) is -11.1. The minimum atomic E-state index is -1.39. The first kappa shape index (κ1) is 68.2. The van der Waals surface area contributed by atoms with Gasteiger partial charge in [0.2, 0.25) is 6.29 Å². The number of carbonyl (C=O) groups excluding carboxylic acids is 8. The number of rotatable bonds is 17. The maximum Gasteiger partial charge on any atom is 0.305 e. The molecule has 3 aliphatic rings. The summed E-state index contributed by atoms with van der Waals surface area (Å²) in [4.78, 5) is 100. The fourth-order valence-corrected chi connectivity index (χ4v) is 7.53. The second-order valence-corrected chi connectivity index (χ2v) is 17.2. The molecule has 6 unspecified atom stereocenters. The molecule has 3 fully saturated rings. The van der Waals surface area contributed by atoms with Crippen LogP contribution in [0.25, 0.3) is 0 Å². The first-order valence-electron chi connectivity index (χ1n) is 23.9. The molecule has 15 atom stereocenters. The minimum Gasteiger partial charge on any atom is -1.00 e. The molecular weight excluding hydrogens is 1080 g/mol. The van der Waals surface area contributed by atoms with Gasteiger partial charge < -0.3 is 100 Å². The molecule has 79 heavy (non-hydrogen) atoms. The maximum absolute atomic E-state index is 11.9. The molecule has 0 amide bonds. The molecule has 7 N–H and O–H groups in total. The zero-order chi connectivity index (χ0) is 58.4. The van der Waals surface area contributed by atoms with Crippen molar-refractivity contribution in [3.63, 3.8) is 0 Å². The van der Waals surface area contributed by atoms with Crippen LogP contribution in [0, 0.1) is 0 Å².